The molecule has 0 saturated carbocycles. The van der Waals surface area contributed by atoms with Crippen LogP contribution in [0.2, 0.25) is 5.02 Å². The fourth-order valence-corrected chi connectivity index (χ4v) is 4.75. The Morgan fingerprint density at radius 3 is 2.91 bits per heavy atom. The summed E-state index contributed by atoms with van der Waals surface area (Å²) in [4.78, 5) is 23.9. The molecule has 180 valence electrons. The van der Waals surface area contributed by atoms with Crippen LogP contribution in [0.3, 0.4) is 0 Å². The van der Waals surface area contributed by atoms with Gasteiger partial charge in [0.1, 0.15) is 18.0 Å². The highest BCUT2D eigenvalue weighted by Gasteiger charge is 2.28. The van der Waals surface area contributed by atoms with Crippen molar-refractivity contribution in [1.29, 1.82) is 0 Å². The topological polar surface area (TPSA) is 75.9 Å². The molecule has 2 aromatic carbocycles. The number of aryl methyl sites for hydroxylation is 1. The highest BCUT2D eigenvalue weighted by molar-refractivity contribution is 9.10. The van der Waals surface area contributed by atoms with Crippen LogP contribution in [-0.4, -0.2) is 38.7 Å². The third-order valence-electron chi connectivity index (χ3n) is 6.26. The van der Waals surface area contributed by atoms with Gasteiger partial charge in [-0.05, 0) is 71.1 Å². The first kappa shape index (κ1) is 23.7. The van der Waals surface area contributed by atoms with Gasteiger partial charge in [0.15, 0.2) is 5.65 Å². The molecule has 2 aromatic heterocycles. The summed E-state index contributed by atoms with van der Waals surface area (Å²) in [5.41, 5.74) is 2.65. The minimum Gasteiger partial charge on any atom is -0.355 e. The second-order valence-corrected chi connectivity index (χ2v) is 9.95. The van der Waals surface area contributed by atoms with Gasteiger partial charge in [0, 0.05) is 30.3 Å². The van der Waals surface area contributed by atoms with Gasteiger partial charge in [-0.15, -0.1) is 5.10 Å². The van der Waals surface area contributed by atoms with Gasteiger partial charge < -0.3 is 10.2 Å². The first-order valence-electron chi connectivity index (χ1n) is 11.3. The average Bonchev–Trinajstić information content (AvgIpc) is 3.31. The predicted octanol–water partition coefficient (Wildman–Crippen LogP) is 5.21. The Kier molecular flexibility index (Phi) is 6.71. The van der Waals surface area contributed by atoms with Crippen molar-refractivity contribution in [1.82, 2.24) is 25.1 Å². The van der Waals surface area contributed by atoms with E-state index in [1.54, 1.807) is 17.7 Å². The molecule has 35 heavy (non-hydrogen) atoms. The normalized spacial score (nSPS) is 16.0. The van der Waals surface area contributed by atoms with E-state index in [9.17, 15) is 9.18 Å². The Bertz CT molecular complexity index is 1410. The SMILES string of the molecule is Cc1ccc(-n2cc3c(N4CCCC(C(=O)NCc5ccc(Br)c(Cl)c5)C4)ncnc3n2)cc1F. The summed E-state index contributed by atoms with van der Waals surface area (Å²) in [6, 6.07) is 10.6. The van der Waals surface area contributed by atoms with Gasteiger partial charge in [-0.2, -0.15) is 0 Å². The molecule has 1 fully saturated rings. The minimum atomic E-state index is -0.288. The number of hydrogen-bond donors (Lipinski definition) is 1. The molecule has 1 unspecified atom stereocenters. The van der Waals surface area contributed by atoms with E-state index in [4.69, 9.17) is 11.6 Å². The molecule has 1 aliphatic rings. The van der Waals surface area contributed by atoms with Gasteiger partial charge in [-0.3, -0.25) is 4.79 Å². The van der Waals surface area contributed by atoms with Crippen LogP contribution in [0, 0.1) is 18.7 Å². The average molecular weight is 558 g/mol. The number of piperidine rings is 1. The van der Waals surface area contributed by atoms with E-state index in [0.29, 0.717) is 35.0 Å². The zero-order valence-corrected chi connectivity index (χ0v) is 21.4. The second kappa shape index (κ2) is 9.91. The number of fused-ring (bicyclic) bond motifs is 1. The molecule has 1 amide bonds. The molecule has 1 saturated heterocycles. The molecule has 0 bridgehead atoms. The summed E-state index contributed by atoms with van der Waals surface area (Å²) in [7, 11) is 0. The van der Waals surface area contributed by atoms with E-state index in [2.05, 4.69) is 41.2 Å². The molecule has 4 aromatic rings. The van der Waals surface area contributed by atoms with Crippen molar-refractivity contribution in [3.05, 3.63) is 75.4 Å². The quantitative estimate of drug-likeness (QED) is 0.365. The van der Waals surface area contributed by atoms with Gasteiger partial charge in [0.2, 0.25) is 5.91 Å². The minimum absolute atomic E-state index is 0.00451. The number of nitrogens with one attached hydrogen (secondary N) is 1. The molecule has 1 N–H and O–H groups in total. The lowest BCUT2D eigenvalue weighted by Gasteiger charge is -2.33. The summed E-state index contributed by atoms with van der Waals surface area (Å²) < 4.78 is 16.5. The van der Waals surface area contributed by atoms with Crippen molar-refractivity contribution in [2.75, 3.05) is 18.0 Å². The Morgan fingerprint density at radius 1 is 1.26 bits per heavy atom. The van der Waals surface area contributed by atoms with E-state index < -0.39 is 0 Å². The molecule has 10 heteroatoms. The molecule has 5 rings (SSSR count). The maximum absolute atomic E-state index is 14.1. The van der Waals surface area contributed by atoms with Crippen molar-refractivity contribution in [3.63, 3.8) is 0 Å². The van der Waals surface area contributed by atoms with E-state index in [0.717, 1.165) is 40.6 Å². The summed E-state index contributed by atoms with van der Waals surface area (Å²) in [5.74, 6) is 0.278. The van der Waals surface area contributed by atoms with Crippen molar-refractivity contribution in [2.24, 2.45) is 5.92 Å². The molecular weight excluding hydrogens is 535 g/mol. The maximum Gasteiger partial charge on any atom is 0.225 e. The van der Waals surface area contributed by atoms with Crippen LogP contribution in [0.15, 0.2) is 53.4 Å². The van der Waals surface area contributed by atoms with Crippen LogP contribution >= 0.6 is 27.5 Å². The summed E-state index contributed by atoms with van der Waals surface area (Å²) >= 11 is 9.54. The molecule has 1 aliphatic heterocycles. The second-order valence-electron chi connectivity index (χ2n) is 8.69. The number of halogens is 3. The number of carbonyl (C=O) groups excluding carboxylic acids is 1. The lowest BCUT2D eigenvalue weighted by Crippen LogP contribution is -2.43. The largest absolute Gasteiger partial charge is 0.355 e. The van der Waals surface area contributed by atoms with Crippen LogP contribution in [-0.2, 0) is 11.3 Å². The predicted molar refractivity (Wildman–Crippen MR) is 137 cm³/mol. The van der Waals surface area contributed by atoms with E-state index in [-0.39, 0.29) is 17.6 Å². The van der Waals surface area contributed by atoms with Crippen LogP contribution in [0.5, 0.6) is 0 Å². The molecular formula is C25H23BrClFN6O. The molecule has 7 nitrogen and oxygen atoms in total. The molecule has 0 aliphatic carbocycles. The number of aromatic nitrogens is 4. The number of anilines is 1. The number of hydrogen-bond acceptors (Lipinski definition) is 5. The smallest absolute Gasteiger partial charge is 0.225 e. The van der Waals surface area contributed by atoms with Crippen molar-refractivity contribution in [3.8, 4) is 5.69 Å². The number of carbonyl (C=O) groups is 1. The Morgan fingerprint density at radius 2 is 2.11 bits per heavy atom. The highest BCUT2D eigenvalue weighted by Crippen LogP contribution is 2.28. The summed E-state index contributed by atoms with van der Waals surface area (Å²) in [5, 5.41) is 8.93. The number of benzene rings is 2. The Balaban J connectivity index is 1.33. The lowest BCUT2D eigenvalue weighted by molar-refractivity contribution is -0.125. The third kappa shape index (κ3) is 5.01. The first-order chi connectivity index (χ1) is 16.9. The van der Waals surface area contributed by atoms with Crippen LogP contribution < -0.4 is 10.2 Å². The molecule has 0 spiro atoms. The summed E-state index contributed by atoms with van der Waals surface area (Å²) in [6.07, 6.45) is 4.96. The molecule has 0 radical (unpaired) electrons. The standard InChI is InChI=1S/C25H23BrClFN6O/c1-15-4-6-18(10-22(15)28)34-13-19-23(32-34)30-14-31-24(19)33-8-2-3-17(12-33)25(35)29-11-16-5-7-20(26)21(27)9-16/h4-7,9-10,13-14,17H,2-3,8,11-12H2,1H3,(H,29,35). The van der Waals surface area contributed by atoms with Crippen molar-refractivity contribution < 1.29 is 9.18 Å². The van der Waals surface area contributed by atoms with Crippen LogP contribution in [0.4, 0.5) is 10.2 Å². The Hall–Kier alpha value is -3.04. The van der Waals surface area contributed by atoms with E-state index >= 15 is 0 Å². The number of amides is 1. The number of rotatable bonds is 5. The highest BCUT2D eigenvalue weighted by atomic mass is 79.9. The maximum atomic E-state index is 14.1. The van der Waals surface area contributed by atoms with Crippen LogP contribution in [0.25, 0.3) is 16.7 Å². The molecule has 1 atom stereocenters. The molecule has 3 heterocycles. The van der Waals surface area contributed by atoms with E-state index in [1.165, 1.54) is 12.4 Å². The zero-order valence-electron chi connectivity index (χ0n) is 19.0. The fourth-order valence-electron chi connectivity index (χ4n) is 4.30. The zero-order chi connectivity index (χ0) is 24.5. The van der Waals surface area contributed by atoms with E-state index in [1.807, 2.05) is 30.5 Å². The van der Waals surface area contributed by atoms with Gasteiger partial charge >= 0.3 is 0 Å². The fraction of sp³-hybridized carbons (Fsp3) is 0.280. The van der Waals surface area contributed by atoms with Gasteiger partial charge in [-0.25, -0.2) is 19.0 Å². The lowest BCUT2D eigenvalue weighted by atomic mass is 9.97. The summed E-state index contributed by atoms with van der Waals surface area (Å²) in [6.45, 7) is 3.46. The number of nitrogens with zero attached hydrogens (tertiary/aromatic N) is 5. The van der Waals surface area contributed by atoms with Gasteiger partial charge in [0.05, 0.1) is 22.0 Å². The van der Waals surface area contributed by atoms with Gasteiger partial charge in [0.25, 0.3) is 0 Å². The van der Waals surface area contributed by atoms with Crippen molar-refractivity contribution >= 4 is 50.3 Å². The Labute approximate surface area is 215 Å². The van der Waals surface area contributed by atoms with Crippen LogP contribution in [0.1, 0.15) is 24.0 Å². The van der Waals surface area contributed by atoms with Gasteiger partial charge in [-0.1, -0.05) is 23.7 Å². The third-order valence-corrected chi connectivity index (χ3v) is 7.49. The van der Waals surface area contributed by atoms with Crippen molar-refractivity contribution in [2.45, 2.75) is 26.3 Å². The first-order valence-corrected chi connectivity index (χ1v) is 12.5. The monoisotopic (exact) mass is 556 g/mol.